The number of nitrogens with zero attached hydrogens (tertiary/aromatic N) is 1. The van der Waals surface area contributed by atoms with Gasteiger partial charge in [0.25, 0.3) is 11.5 Å². The Morgan fingerprint density at radius 3 is 2.48 bits per heavy atom. The number of carboxylic acid groups (broad SMARTS) is 1. The molecule has 0 aliphatic rings. The normalized spacial score (nSPS) is 11.8. The van der Waals surface area contributed by atoms with Gasteiger partial charge in [0.2, 0.25) is 0 Å². The summed E-state index contributed by atoms with van der Waals surface area (Å²) in [6.07, 6.45) is 1.27. The number of nitrogens with one attached hydrogen (secondary N) is 1. The van der Waals surface area contributed by atoms with Crippen LogP contribution in [0.2, 0.25) is 0 Å². The summed E-state index contributed by atoms with van der Waals surface area (Å²) in [5, 5.41) is 11.6. The lowest BCUT2D eigenvalue weighted by atomic mass is 10.0. The molecule has 0 saturated carbocycles. The molecule has 2 N–H and O–H groups in total. The Hall–Kier alpha value is -2.89. The predicted molar refractivity (Wildman–Crippen MR) is 86.0 cm³/mol. The van der Waals surface area contributed by atoms with Gasteiger partial charge in [-0.15, -0.1) is 0 Å². The molecule has 6 heteroatoms. The van der Waals surface area contributed by atoms with Crippen molar-refractivity contribution in [2.45, 2.75) is 19.9 Å². The minimum atomic E-state index is -1.19. The Balaban J connectivity index is 2.68. The number of aromatic carboxylic acids is 1. The van der Waals surface area contributed by atoms with Crippen LogP contribution in [0, 0.1) is 6.92 Å². The predicted octanol–water partition coefficient (Wildman–Crippen LogP) is 1.82. The second kappa shape index (κ2) is 6.48. The van der Waals surface area contributed by atoms with Crippen molar-refractivity contribution >= 4 is 11.9 Å². The van der Waals surface area contributed by atoms with Gasteiger partial charge in [0.05, 0.1) is 11.6 Å². The van der Waals surface area contributed by atoms with E-state index in [1.807, 2.05) is 31.2 Å². The van der Waals surface area contributed by atoms with Crippen molar-refractivity contribution < 1.29 is 14.7 Å². The highest BCUT2D eigenvalue weighted by atomic mass is 16.4. The zero-order chi connectivity index (χ0) is 17.1. The first-order valence-electron chi connectivity index (χ1n) is 7.14. The maximum Gasteiger partial charge on any atom is 0.337 e. The molecule has 0 unspecified atom stereocenters. The van der Waals surface area contributed by atoms with Gasteiger partial charge in [-0.25, -0.2) is 4.79 Å². The lowest BCUT2D eigenvalue weighted by Gasteiger charge is -2.19. The first kappa shape index (κ1) is 16.5. The van der Waals surface area contributed by atoms with Crippen LogP contribution in [0.15, 0.2) is 41.3 Å². The largest absolute Gasteiger partial charge is 0.478 e. The zero-order valence-electron chi connectivity index (χ0n) is 13.2. The van der Waals surface area contributed by atoms with E-state index in [2.05, 4.69) is 5.32 Å². The molecule has 0 fully saturated rings. The van der Waals surface area contributed by atoms with Crippen molar-refractivity contribution in [2.24, 2.45) is 0 Å². The summed E-state index contributed by atoms with van der Waals surface area (Å²) in [6, 6.07) is 8.23. The topological polar surface area (TPSA) is 88.4 Å². The van der Waals surface area contributed by atoms with Gasteiger partial charge in [-0.3, -0.25) is 9.59 Å². The molecular formula is C17H18N2O4. The van der Waals surface area contributed by atoms with Crippen LogP contribution in [0.3, 0.4) is 0 Å². The fraction of sp³-hybridized carbons (Fsp3) is 0.235. The molecule has 0 radical (unpaired) electrons. The van der Waals surface area contributed by atoms with Gasteiger partial charge < -0.3 is 15.0 Å². The van der Waals surface area contributed by atoms with Crippen molar-refractivity contribution in [3.8, 4) is 0 Å². The molecule has 1 aromatic heterocycles. The Kier molecular flexibility index (Phi) is 4.64. The SMILES string of the molecule is CNC(=O)c1cc(C(=O)O)cn([C@H](C)c2ccccc2C)c1=O. The monoisotopic (exact) mass is 314 g/mol. The molecule has 0 aliphatic carbocycles. The fourth-order valence-electron chi connectivity index (χ4n) is 2.51. The number of carboxylic acids is 1. The highest BCUT2D eigenvalue weighted by Gasteiger charge is 2.20. The fourth-order valence-corrected chi connectivity index (χ4v) is 2.51. The summed E-state index contributed by atoms with van der Waals surface area (Å²) in [6.45, 7) is 3.71. The smallest absolute Gasteiger partial charge is 0.337 e. The van der Waals surface area contributed by atoms with Gasteiger partial charge in [0.15, 0.2) is 0 Å². The van der Waals surface area contributed by atoms with Crippen LogP contribution in [-0.4, -0.2) is 28.6 Å². The number of aromatic nitrogens is 1. The van der Waals surface area contributed by atoms with Crippen LogP contribution in [-0.2, 0) is 0 Å². The molecule has 23 heavy (non-hydrogen) atoms. The standard InChI is InChI=1S/C17H18N2O4/c1-10-6-4-5-7-13(10)11(2)19-9-12(17(22)23)8-14(16(19)21)15(20)18-3/h4-9,11H,1-3H3,(H,18,20)(H,22,23)/t11-/m1/s1. The van der Waals surface area contributed by atoms with E-state index in [0.717, 1.165) is 17.2 Å². The maximum absolute atomic E-state index is 12.6. The Labute approximate surface area is 133 Å². The van der Waals surface area contributed by atoms with Gasteiger partial charge in [0, 0.05) is 13.2 Å². The van der Waals surface area contributed by atoms with Gasteiger partial charge in [-0.05, 0) is 31.0 Å². The summed E-state index contributed by atoms with van der Waals surface area (Å²) >= 11 is 0. The van der Waals surface area contributed by atoms with E-state index in [0.29, 0.717) is 0 Å². The molecule has 6 nitrogen and oxygen atoms in total. The number of amides is 1. The number of hydrogen-bond acceptors (Lipinski definition) is 3. The van der Waals surface area contributed by atoms with Crippen LogP contribution in [0.4, 0.5) is 0 Å². The van der Waals surface area contributed by atoms with Crippen LogP contribution in [0.1, 0.15) is 44.8 Å². The van der Waals surface area contributed by atoms with Crippen molar-refractivity contribution in [2.75, 3.05) is 7.05 Å². The average molecular weight is 314 g/mol. The van der Waals surface area contributed by atoms with E-state index in [1.165, 1.54) is 17.8 Å². The highest BCUT2D eigenvalue weighted by molar-refractivity contribution is 5.96. The number of rotatable bonds is 4. The van der Waals surface area contributed by atoms with Crippen LogP contribution >= 0.6 is 0 Å². The molecule has 1 heterocycles. The summed E-state index contributed by atoms with van der Waals surface area (Å²) in [5.74, 6) is -1.80. The van der Waals surface area contributed by atoms with Crippen molar-refractivity contribution in [3.63, 3.8) is 0 Å². The Morgan fingerprint density at radius 2 is 1.91 bits per heavy atom. The van der Waals surface area contributed by atoms with E-state index in [9.17, 15) is 19.5 Å². The van der Waals surface area contributed by atoms with Crippen LogP contribution in [0.25, 0.3) is 0 Å². The van der Waals surface area contributed by atoms with Gasteiger partial charge in [0.1, 0.15) is 5.56 Å². The molecule has 0 bridgehead atoms. The summed E-state index contributed by atoms with van der Waals surface area (Å²) in [7, 11) is 1.39. The first-order valence-corrected chi connectivity index (χ1v) is 7.14. The maximum atomic E-state index is 12.6. The summed E-state index contributed by atoms with van der Waals surface area (Å²) in [5.41, 5.74) is 1.05. The average Bonchev–Trinajstić information content (AvgIpc) is 2.54. The molecule has 0 aliphatic heterocycles. The third-order valence-corrected chi connectivity index (χ3v) is 3.82. The molecule has 1 aromatic carbocycles. The molecule has 0 saturated heterocycles. The summed E-state index contributed by atoms with van der Waals surface area (Å²) < 4.78 is 1.29. The minimum absolute atomic E-state index is 0.108. The number of carbonyl (C=O) groups excluding carboxylic acids is 1. The van der Waals surface area contributed by atoms with E-state index in [4.69, 9.17) is 0 Å². The van der Waals surface area contributed by atoms with Crippen molar-refractivity contribution in [1.29, 1.82) is 0 Å². The molecule has 120 valence electrons. The lowest BCUT2D eigenvalue weighted by Crippen LogP contribution is -2.33. The van der Waals surface area contributed by atoms with Gasteiger partial charge >= 0.3 is 5.97 Å². The Morgan fingerprint density at radius 1 is 1.26 bits per heavy atom. The zero-order valence-corrected chi connectivity index (χ0v) is 13.2. The third-order valence-electron chi connectivity index (χ3n) is 3.82. The van der Waals surface area contributed by atoms with Crippen molar-refractivity contribution in [3.05, 3.63) is 69.1 Å². The number of pyridine rings is 1. The number of carbonyl (C=O) groups is 2. The van der Waals surface area contributed by atoms with Crippen LogP contribution < -0.4 is 10.9 Å². The van der Waals surface area contributed by atoms with E-state index in [-0.39, 0.29) is 11.1 Å². The number of aryl methyl sites for hydroxylation is 1. The summed E-state index contributed by atoms with van der Waals surface area (Å²) in [4.78, 5) is 35.8. The van der Waals surface area contributed by atoms with Crippen LogP contribution in [0.5, 0.6) is 0 Å². The Bertz CT molecular complexity index is 824. The lowest BCUT2D eigenvalue weighted by molar-refractivity contribution is 0.0695. The van der Waals surface area contributed by atoms with E-state index < -0.39 is 23.5 Å². The number of benzene rings is 1. The first-order chi connectivity index (χ1) is 10.9. The quantitative estimate of drug-likeness (QED) is 0.901. The van der Waals surface area contributed by atoms with E-state index in [1.54, 1.807) is 6.92 Å². The molecule has 2 rings (SSSR count). The van der Waals surface area contributed by atoms with Gasteiger partial charge in [-0.2, -0.15) is 0 Å². The highest BCUT2D eigenvalue weighted by Crippen LogP contribution is 2.20. The number of hydrogen-bond donors (Lipinski definition) is 2. The second-order valence-corrected chi connectivity index (χ2v) is 5.27. The molecule has 1 atom stereocenters. The molecular weight excluding hydrogens is 296 g/mol. The van der Waals surface area contributed by atoms with Crippen molar-refractivity contribution in [1.82, 2.24) is 9.88 Å². The third kappa shape index (κ3) is 3.15. The molecule has 1 amide bonds. The van der Waals surface area contributed by atoms with Gasteiger partial charge in [-0.1, -0.05) is 24.3 Å². The molecule has 0 spiro atoms. The minimum Gasteiger partial charge on any atom is -0.478 e. The molecule has 2 aromatic rings. The van der Waals surface area contributed by atoms with E-state index >= 15 is 0 Å². The second-order valence-electron chi connectivity index (χ2n) is 5.27.